The fourth-order valence-electron chi connectivity index (χ4n) is 6.81. The Bertz CT molecular complexity index is 2540. The minimum absolute atomic E-state index is 0.0167. The van der Waals surface area contributed by atoms with Crippen LogP contribution in [0.3, 0.4) is 0 Å². The highest BCUT2D eigenvalue weighted by molar-refractivity contribution is 5.92. The van der Waals surface area contributed by atoms with Crippen LogP contribution in [-0.2, 0) is 23.7 Å². The third-order valence-corrected chi connectivity index (χ3v) is 10.0. The molecule has 0 unspecified atom stereocenters. The highest BCUT2D eigenvalue weighted by Gasteiger charge is 2.54. The number of esters is 4. The van der Waals surface area contributed by atoms with Crippen molar-refractivity contribution < 1.29 is 61.9 Å². The van der Waals surface area contributed by atoms with Crippen molar-refractivity contribution in [2.24, 2.45) is 0 Å². The highest BCUT2D eigenvalue weighted by Crippen LogP contribution is 2.36. The first-order valence-electron chi connectivity index (χ1n) is 20.4. The van der Waals surface area contributed by atoms with E-state index in [1.165, 1.54) is 54.6 Å². The van der Waals surface area contributed by atoms with Crippen LogP contribution in [0.5, 0.6) is 17.2 Å². The molecule has 63 heavy (non-hydrogen) atoms. The quantitative estimate of drug-likeness (QED) is 0.0402. The summed E-state index contributed by atoms with van der Waals surface area (Å²) in [5.74, 6) is -4.13. The van der Waals surface area contributed by atoms with Crippen LogP contribution in [0.25, 0.3) is 11.0 Å². The first-order valence-corrected chi connectivity index (χ1v) is 20.4. The van der Waals surface area contributed by atoms with Gasteiger partial charge in [0.2, 0.25) is 18.1 Å². The Balaban J connectivity index is 1.28. The lowest BCUT2D eigenvalue weighted by Gasteiger charge is -2.44. The molecule has 1 saturated heterocycles. The lowest BCUT2D eigenvalue weighted by atomic mass is 9.97. The molecule has 14 heteroatoms. The van der Waals surface area contributed by atoms with E-state index < -0.39 is 72.6 Å². The number of unbranched alkanes of at least 4 members (excludes halogenated alkanes) is 3. The molecule has 6 aromatic rings. The molecular formula is C49H44O14. The van der Waals surface area contributed by atoms with Crippen molar-refractivity contribution >= 4 is 34.8 Å². The van der Waals surface area contributed by atoms with E-state index in [4.69, 9.17) is 37.6 Å². The highest BCUT2D eigenvalue weighted by atomic mass is 16.7. The second-order valence-electron chi connectivity index (χ2n) is 14.5. The summed E-state index contributed by atoms with van der Waals surface area (Å²) >= 11 is 0. The molecule has 1 N–H and O–H groups in total. The monoisotopic (exact) mass is 856 g/mol. The van der Waals surface area contributed by atoms with Crippen molar-refractivity contribution in [1.29, 1.82) is 0 Å². The summed E-state index contributed by atoms with van der Waals surface area (Å²) in [5, 5.41) is 11.2. The van der Waals surface area contributed by atoms with E-state index in [2.05, 4.69) is 6.92 Å². The zero-order valence-corrected chi connectivity index (χ0v) is 34.2. The van der Waals surface area contributed by atoms with Gasteiger partial charge in [0.15, 0.2) is 18.0 Å². The van der Waals surface area contributed by atoms with Gasteiger partial charge in [0.25, 0.3) is 0 Å². The number of fused-ring (bicyclic) bond motifs is 1. The number of hydrogen-bond donors (Lipinski definition) is 1. The molecule has 0 aliphatic carbocycles. The molecule has 5 aromatic carbocycles. The van der Waals surface area contributed by atoms with Gasteiger partial charge >= 0.3 is 29.5 Å². The van der Waals surface area contributed by atoms with E-state index in [1.54, 1.807) is 84.9 Å². The third-order valence-electron chi connectivity index (χ3n) is 10.0. The molecule has 0 amide bonds. The maximum atomic E-state index is 13.9. The molecule has 7 rings (SSSR count). The van der Waals surface area contributed by atoms with E-state index in [-0.39, 0.29) is 51.3 Å². The van der Waals surface area contributed by atoms with Crippen LogP contribution in [-0.4, -0.2) is 72.9 Å². The average molecular weight is 857 g/mol. The summed E-state index contributed by atoms with van der Waals surface area (Å²) in [7, 11) is 0. The van der Waals surface area contributed by atoms with Crippen molar-refractivity contribution in [2.75, 3.05) is 13.2 Å². The molecule has 324 valence electrons. The molecule has 0 radical (unpaired) electrons. The van der Waals surface area contributed by atoms with Gasteiger partial charge in [-0.15, -0.1) is 0 Å². The summed E-state index contributed by atoms with van der Waals surface area (Å²) in [4.78, 5) is 68.0. The van der Waals surface area contributed by atoms with Gasteiger partial charge in [-0.1, -0.05) is 99.0 Å². The van der Waals surface area contributed by atoms with E-state index in [0.717, 1.165) is 19.3 Å². The van der Waals surface area contributed by atoms with Crippen LogP contribution in [0.15, 0.2) is 149 Å². The number of benzene rings is 5. The molecular weight excluding hydrogens is 813 g/mol. The number of rotatable bonds is 17. The van der Waals surface area contributed by atoms with Gasteiger partial charge in [-0.05, 0) is 67.1 Å². The van der Waals surface area contributed by atoms with Crippen molar-refractivity contribution in [3.05, 3.63) is 172 Å². The van der Waals surface area contributed by atoms with E-state index in [1.807, 2.05) is 0 Å². The van der Waals surface area contributed by atoms with Crippen LogP contribution < -0.4 is 15.1 Å². The molecule has 0 bridgehead atoms. The summed E-state index contributed by atoms with van der Waals surface area (Å²) in [6.45, 7) is 1.70. The van der Waals surface area contributed by atoms with Crippen molar-refractivity contribution in [3.63, 3.8) is 0 Å². The number of ether oxygens (including phenoxy) is 7. The number of aromatic hydroxyl groups is 1. The summed E-state index contributed by atoms with van der Waals surface area (Å²) in [6.07, 6.45) is -4.46. The largest absolute Gasteiger partial charge is 0.504 e. The second kappa shape index (κ2) is 20.9. The summed E-state index contributed by atoms with van der Waals surface area (Å²) in [6, 6.07) is 36.2. The van der Waals surface area contributed by atoms with Gasteiger partial charge in [-0.3, -0.25) is 0 Å². The van der Waals surface area contributed by atoms with Crippen molar-refractivity contribution in [1.82, 2.24) is 0 Å². The fraction of sp³-hybridized carbons (Fsp3) is 0.245. The topological polar surface area (TPSA) is 183 Å². The molecule has 0 saturated carbocycles. The van der Waals surface area contributed by atoms with Gasteiger partial charge in [0.1, 0.15) is 24.0 Å². The summed E-state index contributed by atoms with van der Waals surface area (Å²) < 4.78 is 47.9. The normalized spacial score (nSPS) is 18.1. The second-order valence-corrected chi connectivity index (χ2v) is 14.5. The zero-order valence-electron chi connectivity index (χ0n) is 34.2. The number of carbonyl (C=O) groups excluding carboxylic acids is 4. The zero-order chi connectivity index (χ0) is 44.1. The predicted molar refractivity (Wildman–Crippen MR) is 227 cm³/mol. The van der Waals surface area contributed by atoms with Crippen molar-refractivity contribution in [2.45, 2.75) is 63.3 Å². The Morgan fingerprint density at radius 1 is 0.603 bits per heavy atom. The van der Waals surface area contributed by atoms with Crippen molar-refractivity contribution in [3.8, 4) is 17.2 Å². The van der Waals surface area contributed by atoms with E-state index in [9.17, 15) is 29.1 Å². The van der Waals surface area contributed by atoms with E-state index >= 15 is 0 Å². The Hall–Kier alpha value is -7.45. The Labute approximate surface area is 361 Å². The van der Waals surface area contributed by atoms with Crippen LogP contribution in [0.4, 0.5) is 0 Å². The minimum Gasteiger partial charge on any atom is -0.504 e. The lowest BCUT2D eigenvalue weighted by molar-refractivity contribution is -0.275. The Kier molecular flexibility index (Phi) is 14.5. The number of carbonyl (C=O) groups is 4. The predicted octanol–water partition coefficient (Wildman–Crippen LogP) is 8.10. The van der Waals surface area contributed by atoms with E-state index in [0.29, 0.717) is 6.42 Å². The van der Waals surface area contributed by atoms with Gasteiger partial charge < -0.3 is 42.7 Å². The molecule has 0 spiro atoms. The number of hydrogen-bond acceptors (Lipinski definition) is 14. The average Bonchev–Trinajstić information content (AvgIpc) is 3.31. The third kappa shape index (κ3) is 10.9. The first-order chi connectivity index (χ1) is 30.7. The molecule has 1 fully saturated rings. The lowest BCUT2D eigenvalue weighted by Crippen LogP contribution is -2.63. The van der Waals surface area contributed by atoms with Crippen LogP contribution in [0.2, 0.25) is 0 Å². The van der Waals surface area contributed by atoms with Crippen LogP contribution >= 0.6 is 0 Å². The smallest absolute Gasteiger partial charge is 0.383 e. The van der Waals surface area contributed by atoms with Gasteiger partial charge in [-0.2, -0.15) is 0 Å². The first kappa shape index (κ1) is 43.6. The molecule has 1 aromatic heterocycles. The standard InChI is InChI=1S/C49H44O14/c1-2-3-4-17-28-56-41-39(50)36-27-26-35(29-37(36)59-48(41)55)58-49-43(63-47(54)34-24-15-8-16-25-34)42(62-46(53)33-22-13-7-14-23-33)40(61-45(52)32-20-11-6-12-21-32)38(60-49)30-57-44(51)31-18-9-5-10-19-31/h5-16,18-27,29,38,40,42-43,49-50H,2-4,17,28,30H2,1H3/t38-,40-,42+,43+,49+/m1/s1. The van der Waals surface area contributed by atoms with Crippen LogP contribution in [0.1, 0.15) is 74.0 Å². The van der Waals surface area contributed by atoms with Gasteiger partial charge in [-0.25, -0.2) is 24.0 Å². The molecule has 2 heterocycles. The Morgan fingerprint density at radius 2 is 1.11 bits per heavy atom. The molecule has 5 atom stereocenters. The maximum Gasteiger partial charge on any atom is 0.383 e. The van der Waals surface area contributed by atoms with Gasteiger partial charge in [0.05, 0.1) is 34.2 Å². The Morgan fingerprint density at radius 3 is 1.65 bits per heavy atom. The van der Waals surface area contributed by atoms with Crippen LogP contribution in [0, 0.1) is 0 Å². The summed E-state index contributed by atoms with van der Waals surface area (Å²) in [5.41, 5.74) is -0.431. The van der Waals surface area contributed by atoms with Gasteiger partial charge in [0, 0.05) is 6.07 Å². The molecule has 1 aliphatic heterocycles. The molecule has 14 nitrogen and oxygen atoms in total. The maximum absolute atomic E-state index is 13.9. The SMILES string of the molecule is CCCCCCOc1c(O)c2ccc(O[C@H]3O[C@H](COC(=O)c4ccccc4)[C@@H](OC(=O)c4ccccc4)[C@H](OC(=O)c4ccccc4)[C@@H]3OC(=O)c3ccccc3)cc2oc1=O. The molecule has 1 aliphatic rings. The fourth-order valence-corrected chi connectivity index (χ4v) is 6.81. The minimum atomic E-state index is -1.68.